The van der Waals surface area contributed by atoms with Crippen LogP contribution in [-0.4, -0.2) is 33.4 Å². The highest BCUT2D eigenvalue weighted by molar-refractivity contribution is 7.19. The van der Waals surface area contributed by atoms with Crippen molar-refractivity contribution in [2.45, 2.75) is 20.1 Å². The third-order valence-electron chi connectivity index (χ3n) is 5.33. The van der Waals surface area contributed by atoms with Crippen LogP contribution in [0.2, 0.25) is 0 Å². The molecule has 3 heterocycles. The Hall–Kier alpha value is -4.12. The second kappa shape index (κ2) is 9.26. The van der Waals surface area contributed by atoms with Crippen molar-refractivity contribution in [3.63, 3.8) is 0 Å². The molecular formula is C24H18F2N4O4S. The van der Waals surface area contributed by atoms with E-state index in [0.29, 0.717) is 15.8 Å². The van der Waals surface area contributed by atoms with Crippen LogP contribution in [0, 0.1) is 6.92 Å². The van der Waals surface area contributed by atoms with Crippen molar-refractivity contribution in [3.05, 3.63) is 76.0 Å². The van der Waals surface area contributed by atoms with E-state index in [2.05, 4.69) is 19.9 Å². The van der Waals surface area contributed by atoms with E-state index in [1.54, 1.807) is 0 Å². The summed E-state index contributed by atoms with van der Waals surface area (Å²) >= 11 is 1.47. The van der Waals surface area contributed by atoms with Crippen LogP contribution in [-0.2, 0) is 6.54 Å². The van der Waals surface area contributed by atoms with Crippen LogP contribution in [0.4, 0.5) is 8.78 Å². The minimum absolute atomic E-state index is 0.0155. The zero-order valence-electron chi connectivity index (χ0n) is 18.6. The molecule has 0 spiro atoms. The summed E-state index contributed by atoms with van der Waals surface area (Å²) in [5.74, 6) is 0.381. The van der Waals surface area contributed by atoms with Gasteiger partial charge in [-0.25, -0.2) is 4.98 Å². The molecule has 0 aliphatic rings. The Kier molecular flexibility index (Phi) is 6.00. The standard InChI is InChI=1S/C24H18F2N4O4S/c1-13-19(14-6-4-3-5-7-14)20-22(35-13)27-12-30(23(20)31)11-18-28-21(29-34-18)15-8-9-16(33-24(25)26)17(10-15)32-2/h3-10,12,24H,11H2,1-2H3. The number of fused-ring (bicyclic) bond motifs is 1. The minimum atomic E-state index is -2.98. The Morgan fingerprint density at radius 2 is 1.91 bits per heavy atom. The van der Waals surface area contributed by atoms with E-state index in [1.165, 1.54) is 47.5 Å². The molecule has 0 saturated carbocycles. The van der Waals surface area contributed by atoms with Gasteiger partial charge in [0.25, 0.3) is 5.56 Å². The number of benzene rings is 2. The highest BCUT2D eigenvalue weighted by Crippen LogP contribution is 2.35. The lowest BCUT2D eigenvalue weighted by molar-refractivity contribution is -0.0512. The van der Waals surface area contributed by atoms with Gasteiger partial charge in [-0.05, 0) is 30.7 Å². The molecule has 0 fully saturated rings. The number of thiophene rings is 1. The summed E-state index contributed by atoms with van der Waals surface area (Å²) in [6.07, 6.45) is 1.46. The fourth-order valence-corrected chi connectivity index (χ4v) is 4.79. The third-order valence-corrected chi connectivity index (χ3v) is 6.34. The van der Waals surface area contributed by atoms with Crippen molar-refractivity contribution in [1.29, 1.82) is 0 Å². The van der Waals surface area contributed by atoms with Gasteiger partial charge in [0, 0.05) is 16.0 Å². The lowest BCUT2D eigenvalue weighted by atomic mass is 10.0. The molecule has 0 unspecified atom stereocenters. The van der Waals surface area contributed by atoms with Gasteiger partial charge in [-0.2, -0.15) is 13.8 Å². The van der Waals surface area contributed by atoms with Gasteiger partial charge in [-0.1, -0.05) is 35.5 Å². The summed E-state index contributed by atoms with van der Waals surface area (Å²) in [4.78, 5) is 23.8. The number of nitrogens with zero attached hydrogens (tertiary/aromatic N) is 4. The molecule has 0 N–H and O–H groups in total. The second-order valence-electron chi connectivity index (χ2n) is 7.51. The maximum Gasteiger partial charge on any atom is 0.387 e. The summed E-state index contributed by atoms with van der Waals surface area (Å²) in [5.41, 5.74) is 2.07. The molecule has 5 aromatic rings. The number of alkyl halides is 2. The first-order valence-electron chi connectivity index (χ1n) is 10.4. The summed E-state index contributed by atoms with van der Waals surface area (Å²) in [5, 5.41) is 4.49. The number of aryl methyl sites for hydroxylation is 1. The van der Waals surface area contributed by atoms with E-state index < -0.39 is 6.61 Å². The van der Waals surface area contributed by atoms with E-state index in [1.807, 2.05) is 37.3 Å². The molecule has 5 rings (SSSR count). The summed E-state index contributed by atoms with van der Waals surface area (Å²) < 4.78 is 41.5. The van der Waals surface area contributed by atoms with Gasteiger partial charge in [0.2, 0.25) is 11.7 Å². The first-order chi connectivity index (χ1) is 16.9. The fraction of sp³-hybridized carbons (Fsp3) is 0.167. The average Bonchev–Trinajstić information content (AvgIpc) is 3.45. The lowest BCUT2D eigenvalue weighted by Crippen LogP contribution is -2.21. The molecular weight excluding hydrogens is 478 g/mol. The maximum absolute atomic E-state index is 13.4. The molecule has 2 aromatic carbocycles. The quantitative estimate of drug-likeness (QED) is 0.308. The third kappa shape index (κ3) is 4.37. The topological polar surface area (TPSA) is 92.3 Å². The number of methoxy groups -OCH3 is 1. The molecule has 35 heavy (non-hydrogen) atoms. The monoisotopic (exact) mass is 496 g/mol. The van der Waals surface area contributed by atoms with E-state index in [4.69, 9.17) is 9.26 Å². The fourth-order valence-electron chi connectivity index (χ4n) is 3.78. The van der Waals surface area contributed by atoms with Crippen LogP contribution < -0.4 is 15.0 Å². The van der Waals surface area contributed by atoms with Gasteiger partial charge < -0.3 is 14.0 Å². The van der Waals surface area contributed by atoms with Crippen LogP contribution in [0.25, 0.3) is 32.7 Å². The van der Waals surface area contributed by atoms with Crippen LogP contribution >= 0.6 is 11.3 Å². The molecule has 11 heteroatoms. The molecule has 178 valence electrons. The Morgan fingerprint density at radius 3 is 2.66 bits per heavy atom. The molecule has 0 radical (unpaired) electrons. The second-order valence-corrected chi connectivity index (χ2v) is 8.72. The van der Waals surface area contributed by atoms with Crippen molar-refractivity contribution in [3.8, 4) is 34.0 Å². The zero-order chi connectivity index (χ0) is 24.5. The Labute approximate surface area is 201 Å². The van der Waals surface area contributed by atoms with E-state index in [0.717, 1.165) is 16.0 Å². The van der Waals surface area contributed by atoms with Crippen LogP contribution in [0.5, 0.6) is 11.5 Å². The van der Waals surface area contributed by atoms with Crippen LogP contribution in [0.1, 0.15) is 10.8 Å². The molecule has 0 aliphatic carbocycles. The van der Waals surface area contributed by atoms with E-state index >= 15 is 0 Å². The smallest absolute Gasteiger partial charge is 0.387 e. The molecule has 3 aromatic heterocycles. The number of aromatic nitrogens is 4. The van der Waals surface area contributed by atoms with Gasteiger partial charge in [-0.3, -0.25) is 9.36 Å². The maximum atomic E-state index is 13.4. The SMILES string of the molecule is COc1cc(-c2noc(Cn3cnc4sc(C)c(-c5ccccc5)c4c3=O)n2)ccc1OC(F)F. The summed E-state index contributed by atoms with van der Waals surface area (Å²) in [6.45, 7) is -0.999. The first-order valence-corrected chi connectivity index (χ1v) is 11.3. The van der Waals surface area contributed by atoms with Crippen molar-refractivity contribution in [2.24, 2.45) is 0 Å². The van der Waals surface area contributed by atoms with Crippen molar-refractivity contribution in [1.82, 2.24) is 19.7 Å². The number of rotatable bonds is 7. The zero-order valence-corrected chi connectivity index (χ0v) is 19.4. The number of halogens is 2. The minimum Gasteiger partial charge on any atom is -0.493 e. The molecule has 8 nitrogen and oxygen atoms in total. The lowest BCUT2D eigenvalue weighted by Gasteiger charge is -2.10. The van der Waals surface area contributed by atoms with Crippen LogP contribution in [0.3, 0.4) is 0 Å². The molecule has 0 saturated heterocycles. The normalized spacial score (nSPS) is 11.3. The van der Waals surface area contributed by atoms with E-state index in [-0.39, 0.29) is 35.3 Å². The van der Waals surface area contributed by atoms with Gasteiger partial charge >= 0.3 is 6.61 Å². The molecule has 0 amide bonds. The Balaban J connectivity index is 1.47. The Morgan fingerprint density at radius 1 is 1.11 bits per heavy atom. The summed E-state index contributed by atoms with van der Waals surface area (Å²) in [6, 6.07) is 14.0. The first kappa shape index (κ1) is 22.7. The van der Waals surface area contributed by atoms with Crippen molar-refractivity contribution in [2.75, 3.05) is 7.11 Å². The van der Waals surface area contributed by atoms with Gasteiger partial charge in [0.1, 0.15) is 11.4 Å². The van der Waals surface area contributed by atoms with Crippen molar-refractivity contribution >= 4 is 21.6 Å². The van der Waals surface area contributed by atoms with Gasteiger partial charge in [0.05, 0.1) is 18.8 Å². The largest absolute Gasteiger partial charge is 0.493 e. The van der Waals surface area contributed by atoms with Gasteiger partial charge in [0.15, 0.2) is 11.5 Å². The molecule has 0 bridgehead atoms. The Bertz CT molecular complexity index is 1560. The van der Waals surface area contributed by atoms with E-state index in [9.17, 15) is 13.6 Å². The highest BCUT2D eigenvalue weighted by Gasteiger charge is 2.19. The predicted molar refractivity (Wildman–Crippen MR) is 126 cm³/mol. The highest BCUT2D eigenvalue weighted by atomic mass is 32.1. The predicted octanol–water partition coefficient (Wildman–Crippen LogP) is 5.14. The van der Waals surface area contributed by atoms with Gasteiger partial charge in [-0.15, -0.1) is 11.3 Å². The number of ether oxygens (including phenoxy) is 2. The summed E-state index contributed by atoms with van der Waals surface area (Å²) in [7, 11) is 1.34. The van der Waals surface area contributed by atoms with Crippen LogP contribution in [0.15, 0.2) is 64.2 Å². The molecule has 0 aliphatic heterocycles. The molecule has 0 atom stereocenters. The average molecular weight is 496 g/mol. The number of hydrogen-bond acceptors (Lipinski definition) is 8. The van der Waals surface area contributed by atoms with Crippen molar-refractivity contribution < 1.29 is 22.8 Å². The number of hydrogen-bond donors (Lipinski definition) is 0.